The Morgan fingerprint density at radius 3 is 2.71 bits per heavy atom. The molecule has 0 radical (unpaired) electrons. The number of ether oxygens (including phenoxy) is 1. The molecule has 1 rings (SSSR count). The van der Waals surface area contributed by atoms with Crippen LogP contribution in [0.3, 0.4) is 0 Å². The molecule has 1 fully saturated rings. The number of carboxylic acids is 1. The maximum atomic E-state index is 11.2. The van der Waals surface area contributed by atoms with Crippen molar-refractivity contribution in [3.05, 3.63) is 0 Å². The zero-order chi connectivity index (χ0) is 13.0. The van der Waals surface area contributed by atoms with Crippen molar-refractivity contribution in [3.8, 4) is 0 Å². The van der Waals surface area contributed by atoms with E-state index < -0.39 is 12.0 Å². The zero-order valence-corrected chi connectivity index (χ0v) is 10.6. The van der Waals surface area contributed by atoms with Crippen LogP contribution in [-0.4, -0.2) is 35.7 Å². The van der Waals surface area contributed by atoms with Crippen LogP contribution in [0.4, 0.5) is 0 Å². The van der Waals surface area contributed by atoms with Crippen molar-refractivity contribution in [1.82, 2.24) is 5.32 Å². The van der Waals surface area contributed by atoms with E-state index in [1.54, 1.807) is 0 Å². The molecule has 1 heterocycles. The molecule has 0 saturated carbocycles. The molecular weight excluding hydrogens is 222 g/mol. The lowest BCUT2D eigenvalue weighted by atomic mass is 9.76. The number of carbonyl (C=O) groups excluding carboxylic acids is 1. The molecule has 0 aromatic carbocycles. The molecule has 1 amide bonds. The number of hydrogen-bond donors (Lipinski definition) is 2. The Balaban J connectivity index is 2.88. The topological polar surface area (TPSA) is 75.6 Å². The van der Waals surface area contributed by atoms with Crippen molar-refractivity contribution >= 4 is 12.4 Å². The highest BCUT2D eigenvalue weighted by molar-refractivity contribution is 5.76. The van der Waals surface area contributed by atoms with Crippen molar-refractivity contribution < 1.29 is 19.4 Å². The third-order valence-electron chi connectivity index (χ3n) is 3.62. The van der Waals surface area contributed by atoms with E-state index in [0.717, 1.165) is 6.42 Å². The number of carbonyl (C=O) groups is 2. The average molecular weight is 243 g/mol. The molecule has 5 heteroatoms. The summed E-state index contributed by atoms with van der Waals surface area (Å²) in [6.07, 6.45) is 2.05. The molecule has 5 atom stereocenters. The van der Waals surface area contributed by atoms with Crippen LogP contribution in [0.25, 0.3) is 0 Å². The molecule has 1 saturated heterocycles. The van der Waals surface area contributed by atoms with E-state index in [-0.39, 0.29) is 24.0 Å². The van der Waals surface area contributed by atoms with Gasteiger partial charge in [-0.1, -0.05) is 13.3 Å². The van der Waals surface area contributed by atoms with Gasteiger partial charge in [-0.15, -0.1) is 0 Å². The lowest BCUT2D eigenvalue weighted by Crippen LogP contribution is -2.51. The fourth-order valence-electron chi connectivity index (χ4n) is 2.90. The Kier molecular flexibility index (Phi) is 4.93. The number of aliphatic carboxylic acids is 1. The van der Waals surface area contributed by atoms with E-state index in [2.05, 4.69) is 5.32 Å². The minimum atomic E-state index is -0.971. The van der Waals surface area contributed by atoms with E-state index in [1.165, 1.54) is 0 Å². The number of hydrogen-bond acceptors (Lipinski definition) is 3. The van der Waals surface area contributed by atoms with Gasteiger partial charge in [0.2, 0.25) is 6.41 Å². The molecule has 0 aromatic heterocycles. The number of carboxylic acid groups (broad SMARTS) is 1. The second kappa shape index (κ2) is 6.00. The van der Waals surface area contributed by atoms with Gasteiger partial charge in [0, 0.05) is 0 Å². The Bertz CT molecular complexity index is 282. The second-order valence-corrected chi connectivity index (χ2v) is 4.72. The van der Waals surface area contributed by atoms with Gasteiger partial charge in [0.05, 0.1) is 12.2 Å². The first-order valence-corrected chi connectivity index (χ1v) is 6.09. The number of nitrogens with one attached hydrogen (secondary N) is 1. The molecule has 3 unspecified atom stereocenters. The van der Waals surface area contributed by atoms with Crippen LogP contribution in [-0.2, 0) is 14.3 Å². The highest BCUT2D eigenvalue weighted by Gasteiger charge is 2.40. The summed E-state index contributed by atoms with van der Waals surface area (Å²) in [6, 6.07) is -0.814. The monoisotopic (exact) mass is 243 g/mol. The van der Waals surface area contributed by atoms with Gasteiger partial charge < -0.3 is 15.2 Å². The quantitative estimate of drug-likeness (QED) is 0.707. The molecule has 2 N–H and O–H groups in total. The summed E-state index contributed by atoms with van der Waals surface area (Å²) in [7, 11) is 0. The normalized spacial score (nSPS) is 35.0. The summed E-state index contributed by atoms with van der Waals surface area (Å²) in [5, 5.41) is 11.6. The third-order valence-corrected chi connectivity index (χ3v) is 3.62. The molecule has 0 bridgehead atoms. The molecular formula is C12H21NO4. The fourth-order valence-corrected chi connectivity index (χ4v) is 2.90. The van der Waals surface area contributed by atoms with E-state index in [4.69, 9.17) is 4.74 Å². The first kappa shape index (κ1) is 14.0. The lowest BCUT2D eigenvalue weighted by Gasteiger charge is -2.41. The Morgan fingerprint density at radius 2 is 2.24 bits per heavy atom. The first-order valence-electron chi connectivity index (χ1n) is 6.09. The van der Waals surface area contributed by atoms with Gasteiger partial charge in [-0.2, -0.15) is 0 Å². The molecule has 0 spiro atoms. The summed E-state index contributed by atoms with van der Waals surface area (Å²) < 4.78 is 5.72. The van der Waals surface area contributed by atoms with Gasteiger partial charge in [0.1, 0.15) is 6.04 Å². The van der Waals surface area contributed by atoms with Gasteiger partial charge >= 0.3 is 5.97 Å². The van der Waals surface area contributed by atoms with Gasteiger partial charge in [0.25, 0.3) is 0 Å². The predicted molar refractivity (Wildman–Crippen MR) is 62.5 cm³/mol. The van der Waals surface area contributed by atoms with E-state index in [1.807, 2.05) is 20.8 Å². The van der Waals surface area contributed by atoms with Crippen LogP contribution in [0.5, 0.6) is 0 Å². The van der Waals surface area contributed by atoms with Crippen molar-refractivity contribution in [2.45, 2.75) is 51.9 Å². The second-order valence-electron chi connectivity index (χ2n) is 4.72. The minimum absolute atomic E-state index is 0.0315. The fraction of sp³-hybridized carbons (Fsp3) is 0.833. The van der Waals surface area contributed by atoms with E-state index in [9.17, 15) is 14.7 Å². The summed E-state index contributed by atoms with van der Waals surface area (Å²) in [4.78, 5) is 21.7. The van der Waals surface area contributed by atoms with Crippen molar-refractivity contribution in [2.75, 3.05) is 0 Å². The summed E-state index contributed by atoms with van der Waals surface area (Å²) in [5.74, 6) is -0.872. The van der Waals surface area contributed by atoms with Gasteiger partial charge in [-0.3, -0.25) is 4.79 Å². The summed E-state index contributed by atoms with van der Waals surface area (Å²) >= 11 is 0. The predicted octanol–water partition coefficient (Wildman–Crippen LogP) is 1.03. The van der Waals surface area contributed by atoms with Crippen LogP contribution < -0.4 is 5.32 Å². The van der Waals surface area contributed by atoms with Crippen LogP contribution in [0.15, 0.2) is 0 Å². The van der Waals surface area contributed by atoms with Crippen molar-refractivity contribution in [3.63, 3.8) is 0 Å². The van der Waals surface area contributed by atoms with E-state index in [0.29, 0.717) is 12.8 Å². The summed E-state index contributed by atoms with van der Waals surface area (Å²) in [5.41, 5.74) is 0. The largest absolute Gasteiger partial charge is 0.480 e. The van der Waals surface area contributed by atoms with E-state index >= 15 is 0 Å². The molecule has 0 aliphatic carbocycles. The minimum Gasteiger partial charge on any atom is -0.480 e. The van der Waals surface area contributed by atoms with Gasteiger partial charge in [-0.05, 0) is 32.1 Å². The van der Waals surface area contributed by atoms with Gasteiger partial charge in [-0.25, -0.2) is 4.79 Å². The Hall–Kier alpha value is -1.10. The van der Waals surface area contributed by atoms with Gasteiger partial charge in [0.15, 0.2) is 0 Å². The van der Waals surface area contributed by atoms with Crippen LogP contribution in [0.2, 0.25) is 0 Å². The van der Waals surface area contributed by atoms with Crippen molar-refractivity contribution in [2.24, 2.45) is 11.8 Å². The molecule has 0 aromatic rings. The maximum Gasteiger partial charge on any atom is 0.326 e. The smallest absolute Gasteiger partial charge is 0.326 e. The average Bonchev–Trinajstić information content (AvgIpc) is 2.24. The summed E-state index contributed by atoms with van der Waals surface area (Å²) in [6.45, 7) is 5.93. The highest BCUT2D eigenvalue weighted by atomic mass is 16.5. The Morgan fingerprint density at radius 1 is 1.59 bits per heavy atom. The highest BCUT2D eigenvalue weighted by Crippen LogP contribution is 2.35. The molecule has 17 heavy (non-hydrogen) atoms. The van der Waals surface area contributed by atoms with Crippen LogP contribution in [0, 0.1) is 11.8 Å². The SMILES string of the molecule is CCC1C(C(NC=O)C(=O)O)C[C@@H](C)O[C@@H]1C. The molecule has 98 valence electrons. The first-order chi connectivity index (χ1) is 8.01. The number of rotatable bonds is 5. The molecule has 5 nitrogen and oxygen atoms in total. The lowest BCUT2D eigenvalue weighted by molar-refractivity contribution is -0.149. The van der Waals surface area contributed by atoms with Crippen LogP contribution in [0.1, 0.15) is 33.6 Å². The third kappa shape index (κ3) is 3.19. The van der Waals surface area contributed by atoms with Crippen LogP contribution >= 0.6 is 0 Å². The number of amides is 1. The maximum absolute atomic E-state index is 11.2. The van der Waals surface area contributed by atoms with Crippen molar-refractivity contribution in [1.29, 1.82) is 0 Å². The zero-order valence-electron chi connectivity index (χ0n) is 10.6. The molecule has 1 aliphatic rings. The Labute approximate surface area is 102 Å². The standard InChI is InChI=1S/C12H21NO4/c1-4-9-8(3)17-7(2)5-10(9)11(12(15)16)13-6-14/h6-11H,4-5H2,1-3H3,(H,13,14)(H,15,16)/t7-,8-,9?,10?,11?/m1/s1. The molecule has 1 aliphatic heterocycles.